The van der Waals surface area contributed by atoms with E-state index in [1.807, 2.05) is 23.1 Å². The highest BCUT2D eigenvalue weighted by molar-refractivity contribution is 5.87. The van der Waals surface area contributed by atoms with Crippen molar-refractivity contribution >= 4 is 29.1 Å². The van der Waals surface area contributed by atoms with Gasteiger partial charge in [-0.05, 0) is 41.8 Å². The van der Waals surface area contributed by atoms with E-state index in [2.05, 4.69) is 53.6 Å². The quantitative estimate of drug-likeness (QED) is 0.468. The van der Waals surface area contributed by atoms with Gasteiger partial charge < -0.3 is 15.5 Å². The van der Waals surface area contributed by atoms with Crippen molar-refractivity contribution in [2.45, 2.75) is 25.4 Å². The summed E-state index contributed by atoms with van der Waals surface area (Å²) in [6.45, 7) is 5.65. The fourth-order valence-electron chi connectivity index (χ4n) is 5.44. The third-order valence-electron chi connectivity index (χ3n) is 7.48. The molecule has 1 aromatic carbocycles. The van der Waals surface area contributed by atoms with E-state index in [1.165, 1.54) is 5.56 Å². The maximum absolute atomic E-state index is 12.6. The molecule has 2 fully saturated rings. The largest absolute Gasteiger partial charge is 0.355 e. The Hall–Kier alpha value is -3.89. The standard InChI is InChI=1S/C28H32N8O2/c37-25-14-24-5-7-30-27(38)19-35-10-8-34(9-11-35)17-20-2-1-3-23(12-20)33-26-13-21(4-6-29-26)22-15-31-28(32-16-22)36(24)18-25/h1-4,6,12-13,15-16,24H,5,7-11,14,17-19H2,(H,29,33)(H,30,38). The van der Waals surface area contributed by atoms with Crippen molar-refractivity contribution in [1.82, 2.24) is 30.1 Å². The molecule has 0 aliphatic carbocycles. The number of amides is 1. The van der Waals surface area contributed by atoms with Gasteiger partial charge in [-0.3, -0.25) is 19.4 Å². The molecule has 1 atom stereocenters. The van der Waals surface area contributed by atoms with Crippen molar-refractivity contribution in [1.29, 1.82) is 0 Å². The minimum absolute atomic E-state index is 0.0227. The highest BCUT2D eigenvalue weighted by Gasteiger charge is 2.32. The summed E-state index contributed by atoms with van der Waals surface area (Å²) in [5.74, 6) is 1.49. The van der Waals surface area contributed by atoms with Crippen LogP contribution in [0.3, 0.4) is 0 Å². The number of anilines is 3. The third-order valence-corrected chi connectivity index (χ3v) is 7.48. The van der Waals surface area contributed by atoms with E-state index in [-0.39, 0.29) is 17.7 Å². The van der Waals surface area contributed by atoms with Crippen molar-refractivity contribution in [2.24, 2.45) is 0 Å². The lowest BCUT2D eigenvalue weighted by Crippen LogP contribution is -2.49. The number of hydrogen-bond acceptors (Lipinski definition) is 9. The van der Waals surface area contributed by atoms with Crippen LogP contribution < -0.4 is 15.5 Å². The van der Waals surface area contributed by atoms with Crippen molar-refractivity contribution in [3.63, 3.8) is 0 Å². The average Bonchev–Trinajstić information content (AvgIpc) is 3.30. The Labute approximate surface area is 222 Å². The van der Waals surface area contributed by atoms with Crippen molar-refractivity contribution < 1.29 is 9.59 Å². The molecule has 6 aliphatic rings. The molecule has 196 valence electrons. The maximum Gasteiger partial charge on any atom is 0.234 e. The van der Waals surface area contributed by atoms with Crippen LogP contribution in [0.25, 0.3) is 11.1 Å². The normalized spacial score (nSPS) is 24.0. The summed E-state index contributed by atoms with van der Waals surface area (Å²) < 4.78 is 0. The molecule has 8 bridgehead atoms. The fraction of sp³-hybridized carbons (Fsp3) is 0.393. The van der Waals surface area contributed by atoms with Gasteiger partial charge in [0, 0.05) is 81.6 Å². The number of rotatable bonds is 0. The number of carbonyl (C=O) groups excluding carboxylic acids is 2. The molecule has 10 nitrogen and oxygen atoms in total. The van der Waals surface area contributed by atoms with Crippen LogP contribution in [0.15, 0.2) is 55.0 Å². The molecule has 1 amide bonds. The first-order valence-corrected chi connectivity index (χ1v) is 13.2. The van der Waals surface area contributed by atoms with Crippen LogP contribution in [-0.2, 0) is 16.1 Å². The van der Waals surface area contributed by atoms with E-state index < -0.39 is 0 Å². The summed E-state index contributed by atoms with van der Waals surface area (Å²) in [5.41, 5.74) is 4.05. The second-order valence-electron chi connectivity index (χ2n) is 10.2. The van der Waals surface area contributed by atoms with Crippen LogP contribution in [0.4, 0.5) is 17.5 Å². The van der Waals surface area contributed by atoms with E-state index in [0.717, 1.165) is 55.4 Å². The molecule has 0 spiro atoms. The Morgan fingerprint density at radius 3 is 2.45 bits per heavy atom. The number of nitrogens with one attached hydrogen (secondary N) is 2. The topological polar surface area (TPSA) is 107 Å². The molecule has 0 saturated carbocycles. The minimum Gasteiger partial charge on any atom is -0.355 e. The fourth-order valence-corrected chi connectivity index (χ4v) is 5.44. The molecule has 9 rings (SSSR count). The molecule has 2 saturated heterocycles. The van der Waals surface area contributed by atoms with E-state index in [1.54, 1.807) is 18.6 Å². The van der Waals surface area contributed by atoms with E-state index >= 15 is 0 Å². The number of ketones is 1. The van der Waals surface area contributed by atoms with Crippen LogP contribution in [0.2, 0.25) is 0 Å². The molecule has 3 aromatic rings. The lowest BCUT2D eigenvalue weighted by atomic mass is 10.1. The molecule has 2 N–H and O–H groups in total. The van der Waals surface area contributed by atoms with Crippen molar-refractivity contribution in [2.75, 3.05) is 56.0 Å². The lowest BCUT2D eigenvalue weighted by Gasteiger charge is -2.34. The van der Waals surface area contributed by atoms with Gasteiger partial charge in [0.1, 0.15) is 5.82 Å². The highest BCUT2D eigenvalue weighted by atomic mass is 16.2. The molecule has 8 heterocycles. The van der Waals surface area contributed by atoms with Crippen LogP contribution in [-0.4, -0.2) is 88.3 Å². The monoisotopic (exact) mass is 512 g/mol. The van der Waals surface area contributed by atoms with Gasteiger partial charge in [0.2, 0.25) is 11.9 Å². The molecular formula is C28H32N8O2. The first-order valence-electron chi connectivity index (χ1n) is 13.2. The number of piperazine rings is 1. The smallest absolute Gasteiger partial charge is 0.234 e. The number of carbonyl (C=O) groups is 2. The summed E-state index contributed by atoms with van der Waals surface area (Å²) in [6, 6.07) is 12.3. The zero-order chi connectivity index (χ0) is 25.9. The van der Waals surface area contributed by atoms with Gasteiger partial charge in [0.15, 0.2) is 5.78 Å². The van der Waals surface area contributed by atoms with Gasteiger partial charge in [0.25, 0.3) is 0 Å². The van der Waals surface area contributed by atoms with Crippen molar-refractivity contribution in [3.05, 3.63) is 60.6 Å². The third kappa shape index (κ3) is 5.66. The van der Waals surface area contributed by atoms with E-state index in [4.69, 9.17) is 0 Å². The van der Waals surface area contributed by atoms with Gasteiger partial charge in [0.05, 0.1) is 13.1 Å². The number of Topliss-reactive ketones (excluding diaryl/α,β-unsaturated/α-hetero) is 1. The van der Waals surface area contributed by atoms with Gasteiger partial charge in [-0.25, -0.2) is 15.0 Å². The lowest BCUT2D eigenvalue weighted by molar-refractivity contribution is -0.122. The molecule has 6 aliphatic heterocycles. The Balaban J connectivity index is 1.27. The molecule has 1 unspecified atom stereocenters. The van der Waals surface area contributed by atoms with E-state index in [9.17, 15) is 9.59 Å². The van der Waals surface area contributed by atoms with Gasteiger partial charge in [-0.2, -0.15) is 0 Å². The zero-order valence-electron chi connectivity index (χ0n) is 21.3. The second kappa shape index (κ2) is 10.8. The Morgan fingerprint density at radius 1 is 0.842 bits per heavy atom. The predicted octanol–water partition coefficient (Wildman–Crippen LogP) is 2.07. The summed E-state index contributed by atoms with van der Waals surface area (Å²) in [5, 5.41) is 6.48. The first kappa shape index (κ1) is 24.4. The second-order valence-corrected chi connectivity index (χ2v) is 10.2. The molecular weight excluding hydrogens is 480 g/mol. The van der Waals surface area contributed by atoms with Crippen molar-refractivity contribution in [3.8, 4) is 11.1 Å². The molecule has 38 heavy (non-hydrogen) atoms. The number of nitrogens with zero attached hydrogens (tertiary/aromatic N) is 6. The summed E-state index contributed by atoms with van der Waals surface area (Å²) in [7, 11) is 0. The Kier molecular flexibility index (Phi) is 6.98. The highest BCUT2D eigenvalue weighted by Crippen LogP contribution is 2.26. The minimum atomic E-state index is -0.0227. The average molecular weight is 513 g/mol. The van der Waals surface area contributed by atoms with Crippen LogP contribution in [0.1, 0.15) is 18.4 Å². The molecule has 10 heteroatoms. The Bertz CT molecular complexity index is 1310. The predicted molar refractivity (Wildman–Crippen MR) is 145 cm³/mol. The number of aromatic nitrogens is 3. The zero-order valence-corrected chi connectivity index (χ0v) is 21.3. The van der Waals surface area contributed by atoms with Gasteiger partial charge in [-0.1, -0.05) is 12.1 Å². The summed E-state index contributed by atoms with van der Waals surface area (Å²) in [4.78, 5) is 45.2. The molecule has 0 radical (unpaired) electrons. The maximum atomic E-state index is 12.6. The van der Waals surface area contributed by atoms with Gasteiger partial charge >= 0.3 is 0 Å². The summed E-state index contributed by atoms with van der Waals surface area (Å²) >= 11 is 0. The molecule has 2 aromatic heterocycles. The SMILES string of the molecule is O=C1CC2CCNC(=O)CN3CCN(CC3)Cc3cccc(c3)Nc3cc(ccn3)-c3cnc(nc3)N2C1. The van der Waals surface area contributed by atoms with Crippen LogP contribution in [0.5, 0.6) is 0 Å². The number of hydrogen-bond donors (Lipinski definition) is 2. The summed E-state index contributed by atoms with van der Waals surface area (Å²) in [6.07, 6.45) is 6.48. The van der Waals surface area contributed by atoms with Crippen LogP contribution >= 0.6 is 0 Å². The number of benzene rings is 1. The van der Waals surface area contributed by atoms with E-state index in [0.29, 0.717) is 38.4 Å². The Morgan fingerprint density at radius 2 is 1.63 bits per heavy atom. The van der Waals surface area contributed by atoms with Crippen LogP contribution in [0, 0.1) is 0 Å². The first-order chi connectivity index (χ1) is 18.6. The van der Waals surface area contributed by atoms with Gasteiger partial charge in [-0.15, -0.1) is 0 Å². The number of pyridine rings is 1.